The second kappa shape index (κ2) is 5.21. The maximum atomic E-state index is 6.10. The van der Waals surface area contributed by atoms with Crippen LogP contribution in [-0.2, 0) is 6.42 Å². The maximum Gasteiger partial charge on any atom is 0.220 e. The Kier molecular flexibility index (Phi) is 3.86. The summed E-state index contributed by atoms with van der Waals surface area (Å²) < 4.78 is 0.803. The normalized spacial score (nSPS) is 10.5. The van der Waals surface area contributed by atoms with Gasteiger partial charge in [0.15, 0.2) is 0 Å². The summed E-state index contributed by atoms with van der Waals surface area (Å²) in [5, 5.41) is 1.22. The highest BCUT2D eigenvalue weighted by Crippen LogP contribution is 2.25. The quantitative estimate of drug-likeness (QED) is 0.911. The first-order valence-corrected chi connectivity index (χ1v) is 6.32. The molecule has 0 unspecified atom stereocenters. The van der Waals surface area contributed by atoms with Crippen molar-refractivity contribution >= 4 is 45.1 Å². The molecule has 6 heteroatoms. The van der Waals surface area contributed by atoms with E-state index in [-0.39, 0.29) is 5.95 Å². The number of hydrogen-bond acceptors (Lipinski definition) is 3. The highest BCUT2D eigenvalue weighted by Gasteiger charge is 2.08. The molecule has 3 nitrogen and oxygen atoms in total. The Balaban J connectivity index is 2.34. The Morgan fingerprint density at radius 2 is 2.06 bits per heavy atom. The molecule has 17 heavy (non-hydrogen) atoms. The van der Waals surface area contributed by atoms with E-state index in [1.807, 2.05) is 6.07 Å². The van der Waals surface area contributed by atoms with E-state index < -0.39 is 0 Å². The van der Waals surface area contributed by atoms with Crippen molar-refractivity contribution < 1.29 is 0 Å². The van der Waals surface area contributed by atoms with Crippen molar-refractivity contribution in [2.24, 2.45) is 0 Å². The van der Waals surface area contributed by atoms with E-state index in [0.29, 0.717) is 16.5 Å². The van der Waals surface area contributed by atoms with E-state index in [4.69, 9.17) is 28.9 Å². The third-order valence-corrected chi connectivity index (χ3v) is 3.46. The Bertz CT molecular complexity index is 560. The number of nitrogen functional groups attached to an aromatic ring is 1. The summed E-state index contributed by atoms with van der Waals surface area (Å²) in [5.74, 6) is 0.244. The van der Waals surface area contributed by atoms with Crippen LogP contribution in [0.4, 0.5) is 5.95 Å². The number of hydrogen-bond donors (Lipinski definition) is 1. The third kappa shape index (κ3) is 3.09. The summed E-state index contributed by atoms with van der Waals surface area (Å²) in [6.07, 6.45) is 2.20. The summed E-state index contributed by atoms with van der Waals surface area (Å²) in [5.41, 5.74) is 7.28. The molecule has 0 spiro atoms. The van der Waals surface area contributed by atoms with E-state index in [0.717, 1.165) is 15.7 Å². The highest BCUT2D eigenvalue weighted by molar-refractivity contribution is 9.10. The molecule has 0 radical (unpaired) electrons. The molecule has 0 aliphatic carbocycles. The van der Waals surface area contributed by atoms with Crippen molar-refractivity contribution in [3.63, 3.8) is 0 Å². The molecule has 0 amide bonds. The molecule has 0 saturated heterocycles. The number of rotatable bonds is 2. The fourth-order valence-corrected chi connectivity index (χ4v) is 2.19. The zero-order chi connectivity index (χ0) is 12.4. The molecule has 0 aliphatic rings. The molecule has 1 heterocycles. The largest absolute Gasteiger partial charge is 0.368 e. The van der Waals surface area contributed by atoms with Gasteiger partial charge >= 0.3 is 0 Å². The molecule has 0 aliphatic heterocycles. The van der Waals surface area contributed by atoms with Gasteiger partial charge in [-0.05, 0) is 33.6 Å². The second-order valence-corrected chi connectivity index (χ2v) is 5.13. The topological polar surface area (TPSA) is 51.8 Å². The van der Waals surface area contributed by atoms with Crippen LogP contribution in [0.1, 0.15) is 11.3 Å². The van der Waals surface area contributed by atoms with Crippen molar-refractivity contribution in [1.29, 1.82) is 0 Å². The Labute approximate surface area is 117 Å². The van der Waals surface area contributed by atoms with E-state index in [9.17, 15) is 0 Å². The lowest BCUT2D eigenvalue weighted by molar-refractivity contribution is 1.02. The average molecular weight is 333 g/mol. The molecule has 1 aromatic heterocycles. The first-order valence-electron chi connectivity index (χ1n) is 4.77. The molecular weight excluding hydrogens is 325 g/mol. The summed E-state index contributed by atoms with van der Waals surface area (Å²) in [4.78, 5) is 8.04. The minimum absolute atomic E-state index is 0.244. The Morgan fingerprint density at radius 3 is 2.76 bits per heavy atom. The predicted octanol–water partition coefficient (Wildman–Crippen LogP) is 3.72. The van der Waals surface area contributed by atoms with Gasteiger partial charge in [-0.15, -0.1) is 0 Å². The smallest absolute Gasteiger partial charge is 0.220 e. The number of nitrogens with two attached hydrogens (primary N) is 1. The molecule has 0 saturated carbocycles. The van der Waals surface area contributed by atoms with E-state index in [1.54, 1.807) is 18.3 Å². The Hall–Kier alpha value is -0.840. The van der Waals surface area contributed by atoms with Crippen molar-refractivity contribution in [2.45, 2.75) is 6.42 Å². The van der Waals surface area contributed by atoms with Crippen molar-refractivity contribution in [3.05, 3.63) is 50.2 Å². The first-order chi connectivity index (χ1) is 8.06. The van der Waals surface area contributed by atoms with Crippen molar-refractivity contribution in [3.8, 4) is 0 Å². The molecule has 2 N–H and O–H groups in total. The minimum atomic E-state index is 0.244. The van der Waals surface area contributed by atoms with Gasteiger partial charge < -0.3 is 5.73 Å². The zero-order valence-corrected chi connectivity index (χ0v) is 11.7. The van der Waals surface area contributed by atoms with Crippen LogP contribution in [0.15, 0.2) is 28.9 Å². The van der Waals surface area contributed by atoms with Gasteiger partial charge in [0.05, 0.1) is 10.2 Å². The maximum absolute atomic E-state index is 6.10. The standard InChI is InChI=1S/C11H8BrCl2N3/c12-8-5-16-11(15)17-10(8)3-6-1-2-7(13)4-9(6)14/h1-2,4-5H,3H2,(H2,15,16,17). The monoisotopic (exact) mass is 331 g/mol. The van der Waals surface area contributed by atoms with Gasteiger partial charge in [-0.3, -0.25) is 0 Å². The summed E-state index contributed by atoms with van der Waals surface area (Å²) >= 11 is 15.3. The number of halogens is 3. The molecule has 0 fully saturated rings. The van der Waals surface area contributed by atoms with Gasteiger partial charge in [0.2, 0.25) is 5.95 Å². The first kappa shape index (κ1) is 12.6. The van der Waals surface area contributed by atoms with Crippen LogP contribution in [0.5, 0.6) is 0 Å². The summed E-state index contributed by atoms with van der Waals surface area (Å²) in [6.45, 7) is 0. The van der Waals surface area contributed by atoms with Crippen LogP contribution >= 0.6 is 39.1 Å². The van der Waals surface area contributed by atoms with E-state index in [1.165, 1.54) is 0 Å². The summed E-state index contributed by atoms with van der Waals surface area (Å²) in [7, 11) is 0. The van der Waals surface area contributed by atoms with Crippen molar-refractivity contribution in [1.82, 2.24) is 9.97 Å². The third-order valence-electron chi connectivity index (χ3n) is 2.21. The molecule has 0 atom stereocenters. The van der Waals surface area contributed by atoms with E-state index in [2.05, 4.69) is 25.9 Å². The fraction of sp³-hybridized carbons (Fsp3) is 0.0909. The molecule has 88 valence electrons. The predicted molar refractivity (Wildman–Crippen MR) is 73.4 cm³/mol. The van der Waals surface area contributed by atoms with Gasteiger partial charge in [0, 0.05) is 22.7 Å². The van der Waals surface area contributed by atoms with Crippen LogP contribution in [0, 0.1) is 0 Å². The fourth-order valence-electron chi connectivity index (χ4n) is 1.39. The lowest BCUT2D eigenvalue weighted by Crippen LogP contribution is -2.01. The minimum Gasteiger partial charge on any atom is -0.368 e. The van der Waals surface area contributed by atoms with Crippen LogP contribution in [0.25, 0.3) is 0 Å². The molecule has 0 bridgehead atoms. The lowest BCUT2D eigenvalue weighted by Gasteiger charge is -2.06. The molecule has 2 aromatic rings. The SMILES string of the molecule is Nc1ncc(Br)c(Cc2ccc(Cl)cc2Cl)n1. The highest BCUT2D eigenvalue weighted by atomic mass is 79.9. The van der Waals surface area contributed by atoms with Crippen LogP contribution in [-0.4, -0.2) is 9.97 Å². The molecular formula is C11H8BrCl2N3. The van der Waals surface area contributed by atoms with Crippen LogP contribution < -0.4 is 5.73 Å². The number of nitrogens with zero attached hydrogens (tertiary/aromatic N) is 2. The van der Waals surface area contributed by atoms with Gasteiger partial charge in [0.1, 0.15) is 0 Å². The number of anilines is 1. The summed E-state index contributed by atoms with van der Waals surface area (Å²) in [6, 6.07) is 5.37. The van der Waals surface area contributed by atoms with Gasteiger partial charge in [-0.2, -0.15) is 0 Å². The zero-order valence-electron chi connectivity index (χ0n) is 8.62. The van der Waals surface area contributed by atoms with Crippen molar-refractivity contribution in [2.75, 3.05) is 5.73 Å². The average Bonchev–Trinajstić information content (AvgIpc) is 2.27. The van der Waals surface area contributed by atoms with Crippen LogP contribution in [0.3, 0.4) is 0 Å². The second-order valence-electron chi connectivity index (χ2n) is 3.44. The molecule has 2 rings (SSSR count). The molecule has 1 aromatic carbocycles. The van der Waals surface area contributed by atoms with Crippen LogP contribution in [0.2, 0.25) is 10.0 Å². The Morgan fingerprint density at radius 1 is 1.29 bits per heavy atom. The lowest BCUT2D eigenvalue weighted by atomic mass is 10.1. The van der Waals surface area contributed by atoms with E-state index >= 15 is 0 Å². The number of benzene rings is 1. The van der Waals surface area contributed by atoms with Gasteiger partial charge in [-0.25, -0.2) is 9.97 Å². The van der Waals surface area contributed by atoms with Gasteiger partial charge in [0.25, 0.3) is 0 Å². The van der Waals surface area contributed by atoms with Gasteiger partial charge in [-0.1, -0.05) is 29.3 Å². The number of aromatic nitrogens is 2.